The van der Waals surface area contributed by atoms with Gasteiger partial charge in [0.25, 0.3) is 10.0 Å². The van der Waals surface area contributed by atoms with E-state index in [0.717, 1.165) is 5.56 Å². The summed E-state index contributed by atoms with van der Waals surface area (Å²) >= 11 is 6.01. The first-order chi connectivity index (χ1) is 11.5. The van der Waals surface area contributed by atoms with Crippen molar-refractivity contribution in [1.29, 1.82) is 0 Å². The van der Waals surface area contributed by atoms with Gasteiger partial charge in [-0.1, -0.05) is 41.9 Å². The maximum atomic E-state index is 12.1. The number of hydrogen-bond donors (Lipinski definition) is 1. The molecule has 0 spiro atoms. The lowest BCUT2D eigenvalue weighted by molar-refractivity contribution is 0.340. The SMILES string of the molecule is CCOc1ccc(S(=O)(=O)N/N=C/C(Cl)=C/c2ccccc2)cc1. The molecular formula is C17H17ClN2O3S. The highest BCUT2D eigenvalue weighted by molar-refractivity contribution is 7.89. The van der Waals surface area contributed by atoms with Gasteiger partial charge in [0, 0.05) is 0 Å². The van der Waals surface area contributed by atoms with E-state index in [-0.39, 0.29) is 4.90 Å². The second kappa shape index (κ2) is 8.52. The molecule has 0 aliphatic heterocycles. The predicted octanol–water partition coefficient (Wildman–Crippen LogP) is 3.63. The van der Waals surface area contributed by atoms with E-state index in [0.29, 0.717) is 17.4 Å². The van der Waals surface area contributed by atoms with Crippen molar-refractivity contribution in [2.24, 2.45) is 5.10 Å². The van der Waals surface area contributed by atoms with E-state index in [2.05, 4.69) is 9.93 Å². The van der Waals surface area contributed by atoms with Crippen molar-refractivity contribution in [2.75, 3.05) is 6.61 Å². The Balaban J connectivity index is 2.02. The molecule has 0 amide bonds. The summed E-state index contributed by atoms with van der Waals surface area (Å²) in [6.45, 7) is 2.37. The Morgan fingerprint density at radius 2 is 1.83 bits per heavy atom. The Morgan fingerprint density at radius 1 is 1.17 bits per heavy atom. The van der Waals surface area contributed by atoms with Gasteiger partial charge in [-0.25, -0.2) is 4.83 Å². The third kappa shape index (κ3) is 5.40. The average molecular weight is 365 g/mol. The third-order valence-electron chi connectivity index (χ3n) is 2.91. The van der Waals surface area contributed by atoms with Crippen molar-refractivity contribution < 1.29 is 13.2 Å². The zero-order valence-electron chi connectivity index (χ0n) is 13.0. The summed E-state index contributed by atoms with van der Waals surface area (Å²) < 4.78 is 29.5. The maximum Gasteiger partial charge on any atom is 0.276 e. The summed E-state index contributed by atoms with van der Waals surface area (Å²) in [5, 5.41) is 3.98. The zero-order valence-corrected chi connectivity index (χ0v) is 14.6. The Bertz CT molecular complexity index is 817. The lowest BCUT2D eigenvalue weighted by atomic mass is 10.2. The van der Waals surface area contributed by atoms with E-state index in [9.17, 15) is 8.42 Å². The number of hydrazone groups is 1. The van der Waals surface area contributed by atoms with Crippen LogP contribution < -0.4 is 9.57 Å². The Morgan fingerprint density at radius 3 is 2.46 bits per heavy atom. The minimum absolute atomic E-state index is 0.0891. The number of hydrogen-bond acceptors (Lipinski definition) is 4. The topological polar surface area (TPSA) is 67.8 Å². The molecule has 2 aromatic carbocycles. The van der Waals surface area contributed by atoms with Gasteiger partial charge in [-0.05, 0) is 42.8 Å². The van der Waals surface area contributed by atoms with Gasteiger partial charge < -0.3 is 4.74 Å². The van der Waals surface area contributed by atoms with Gasteiger partial charge in [-0.2, -0.15) is 13.5 Å². The van der Waals surface area contributed by atoms with E-state index in [1.165, 1.54) is 18.3 Å². The molecule has 0 saturated carbocycles. The van der Waals surface area contributed by atoms with Crippen molar-refractivity contribution in [3.05, 3.63) is 65.2 Å². The van der Waals surface area contributed by atoms with E-state index in [1.807, 2.05) is 37.3 Å². The Kier molecular flexibility index (Phi) is 6.40. The number of rotatable bonds is 7. The Hall–Kier alpha value is -2.31. The third-order valence-corrected chi connectivity index (χ3v) is 4.36. The van der Waals surface area contributed by atoms with Crippen LogP contribution in [0.4, 0.5) is 0 Å². The first-order valence-corrected chi connectivity index (χ1v) is 9.07. The molecule has 1 N–H and O–H groups in total. The number of benzene rings is 2. The first kappa shape index (κ1) is 18.0. The molecule has 0 aliphatic rings. The second-order valence-corrected chi connectivity index (χ2v) is 6.79. The minimum atomic E-state index is -3.75. The van der Waals surface area contributed by atoms with E-state index >= 15 is 0 Å². The van der Waals surface area contributed by atoms with Crippen LogP contribution in [0.3, 0.4) is 0 Å². The quantitative estimate of drug-likeness (QED) is 0.602. The van der Waals surface area contributed by atoms with Crippen molar-refractivity contribution >= 4 is 33.9 Å². The van der Waals surface area contributed by atoms with Crippen LogP contribution in [0.1, 0.15) is 12.5 Å². The molecule has 0 heterocycles. The molecule has 0 aliphatic carbocycles. The number of allylic oxidation sites excluding steroid dienone is 1. The van der Waals surface area contributed by atoms with Gasteiger partial charge in [0.15, 0.2) is 0 Å². The maximum absolute atomic E-state index is 12.1. The molecule has 5 nitrogen and oxygen atoms in total. The Labute approximate surface area is 146 Å². The molecule has 0 fully saturated rings. The summed E-state index contributed by atoms with van der Waals surface area (Å²) in [7, 11) is -3.75. The molecule has 0 radical (unpaired) electrons. The lowest BCUT2D eigenvalue weighted by Gasteiger charge is -2.05. The van der Waals surface area contributed by atoms with Gasteiger partial charge in [-0.3, -0.25) is 0 Å². The van der Waals surface area contributed by atoms with Crippen LogP contribution >= 0.6 is 11.6 Å². The molecule has 0 atom stereocenters. The van der Waals surface area contributed by atoms with Crippen LogP contribution in [-0.4, -0.2) is 21.2 Å². The number of ether oxygens (including phenoxy) is 1. The van der Waals surface area contributed by atoms with Crippen molar-refractivity contribution in [2.45, 2.75) is 11.8 Å². The molecule has 2 aromatic rings. The summed E-state index contributed by atoms with van der Waals surface area (Å²) in [6, 6.07) is 15.5. The highest BCUT2D eigenvalue weighted by atomic mass is 35.5. The summed E-state index contributed by atoms with van der Waals surface area (Å²) in [5.74, 6) is 0.605. The fourth-order valence-electron chi connectivity index (χ4n) is 1.84. The van der Waals surface area contributed by atoms with Crippen molar-refractivity contribution in [1.82, 2.24) is 4.83 Å². The van der Waals surface area contributed by atoms with Crippen LogP contribution in [0, 0.1) is 0 Å². The molecule has 0 unspecified atom stereocenters. The van der Waals surface area contributed by atoms with Gasteiger partial charge in [0.05, 0.1) is 22.7 Å². The van der Waals surface area contributed by atoms with Gasteiger partial charge in [0.1, 0.15) is 5.75 Å². The predicted molar refractivity (Wildman–Crippen MR) is 96.7 cm³/mol. The lowest BCUT2D eigenvalue weighted by Crippen LogP contribution is -2.18. The van der Waals surface area contributed by atoms with Crippen molar-refractivity contribution in [3.63, 3.8) is 0 Å². The van der Waals surface area contributed by atoms with E-state index < -0.39 is 10.0 Å². The zero-order chi connectivity index (χ0) is 17.4. The number of nitrogens with zero attached hydrogens (tertiary/aromatic N) is 1. The number of halogens is 1. The van der Waals surface area contributed by atoms with E-state index in [1.54, 1.807) is 18.2 Å². The molecular weight excluding hydrogens is 348 g/mol. The summed E-state index contributed by atoms with van der Waals surface area (Å²) in [4.78, 5) is 2.21. The van der Waals surface area contributed by atoms with Gasteiger partial charge in [0.2, 0.25) is 0 Å². The average Bonchev–Trinajstić information content (AvgIpc) is 2.56. The fourth-order valence-corrected chi connectivity index (χ4v) is 2.80. The summed E-state index contributed by atoms with van der Waals surface area (Å²) in [6.07, 6.45) is 2.91. The van der Waals surface area contributed by atoms with Crippen LogP contribution in [0.25, 0.3) is 6.08 Å². The van der Waals surface area contributed by atoms with Crippen LogP contribution in [0.15, 0.2) is 69.6 Å². The summed E-state index contributed by atoms with van der Waals surface area (Å²) in [5.41, 5.74) is 0.892. The number of nitrogens with one attached hydrogen (secondary N) is 1. The monoisotopic (exact) mass is 364 g/mol. The second-order valence-electron chi connectivity index (χ2n) is 4.70. The smallest absolute Gasteiger partial charge is 0.276 e. The van der Waals surface area contributed by atoms with Gasteiger partial charge >= 0.3 is 0 Å². The molecule has 24 heavy (non-hydrogen) atoms. The standard InChI is InChI=1S/C17H17ClN2O3S/c1-2-23-16-8-10-17(11-9-16)24(21,22)20-19-13-15(18)12-14-6-4-3-5-7-14/h3-13,20H,2H2,1H3/b15-12-,19-13+. The highest BCUT2D eigenvalue weighted by Crippen LogP contribution is 2.16. The van der Waals surface area contributed by atoms with Crippen LogP contribution in [0.5, 0.6) is 5.75 Å². The molecule has 2 rings (SSSR count). The first-order valence-electron chi connectivity index (χ1n) is 7.21. The largest absolute Gasteiger partial charge is 0.494 e. The van der Waals surface area contributed by atoms with Crippen LogP contribution in [-0.2, 0) is 10.0 Å². The van der Waals surface area contributed by atoms with Crippen LogP contribution in [0.2, 0.25) is 0 Å². The van der Waals surface area contributed by atoms with E-state index in [4.69, 9.17) is 16.3 Å². The molecule has 126 valence electrons. The minimum Gasteiger partial charge on any atom is -0.494 e. The highest BCUT2D eigenvalue weighted by Gasteiger charge is 2.12. The van der Waals surface area contributed by atoms with Gasteiger partial charge in [-0.15, -0.1) is 0 Å². The normalized spacial score (nSPS) is 12.3. The molecule has 7 heteroatoms. The molecule has 0 bridgehead atoms. The molecule has 0 saturated heterocycles. The molecule has 0 aromatic heterocycles. The fraction of sp³-hybridized carbons (Fsp3) is 0.118. The number of sulfonamides is 1. The van der Waals surface area contributed by atoms with Crippen molar-refractivity contribution in [3.8, 4) is 5.75 Å².